The van der Waals surface area contributed by atoms with E-state index < -0.39 is 21.4 Å². The first-order chi connectivity index (χ1) is 11.3. The molecule has 0 spiro atoms. The molecular formula is C15H13ClFN3O2S2. The zero-order chi connectivity index (χ0) is 17.5. The van der Waals surface area contributed by atoms with Gasteiger partial charge in [0.1, 0.15) is 12.3 Å². The Balaban J connectivity index is 2.14. The molecule has 0 saturated heterocycles. The molecule has 1 aliphatic heterocycles. The molecule has 0 saturated carbocycles. The van der Waals surface area contributed by atoms with E-state index >= 15 is 0 Å². The first-order valence-electron chi connectivity index (χ1n) is 6.92. The van der Waals surface area contributed by atoms with Crippen molar-refractivity contribution in [3.05, 3.63) is 27.8 Å². The van der Waals surface area contributed by atoms with E-state index in [2.05, 4.69) is 15.3 Å². The van der Waals surface area contributed by atoms with Crippen LogP contribution in [-0.4, -0.2) is 24.5 Å². The summed E-state index contributed by atoms with van der Waals surface area (Å²) in [6, 6.07) is 2.60. The van der Waals surface area contributed by atoms with E-state index in [0.29, 0.717) is 16.5 Å². The van der Waals surface area contributed by atoms with Crippen LogP contribution in [-0.2, 0) is 17.3 Å². The Kier molecular flexibility index (Phi) is 4.51. The van der Waals surface area contributed by atoms with Gasteiger partial charge in [-0.05, 0) is 19.9 Å². The summed E-state index contributed by atoms with van der Waals surface area (Å²) in [7, 11) is -1.23. The van der Waals surface area contributed by atoms with E-state index in [0.717, 1.165) is 17.6 Å². The van der Waals surface area contributed by atoms with E-state index in [-0.39, 0.29) is 23.1 Å². The first-order valence-corrected chi connectivity index (χ1v) is 9.22. The summed E-state index contributed by atoms with van der Waals surface area (Å²) < 4.78 is 37.5. The summed E-state index contributed by atoms with van der Waals surface area (Å²) in [4.78, 5) is 4.76. The number of benzene rings is 1. The predicted molar refractivity (Wildman–Crippen MR) is 91.6 cm³/mol. The number of aromatic nitrogens is 2. The molecule has 9 heteroatoms. The highest BCUT2D eigenvalue weighted by Crippen LogP contribution is 2.34. The molecule has 126 valence electrons. The van der Waals surface area contributed by atoms with Crippen molar-refractivity contribution in [3.63, 3.8) is 0 Å². The van der Waals surface area contributed by atoms with Crippen LogP contribution in [0, 0.1) is 18.2 Å². The normalized spacial score (nSPS) is 19.1. The highest BCUT2D eigenvalue weighted by Gasteiger charge is 2.39. The molecule has 0 fully saturated rings. The van der Waals surface area contributed by atoms with Crippen LogP contribution in [0.1, 0.15) is 13.8 Å². The highest BCUT2D eigenvalue weighted by atomic mass is 35.5. The number of nitrogens with zero attached hydrogens (tertiary/aromatic N) is 3. The quantitative estimate of drug-likeness (QED) is 0.763. The fraction of sp³-hybridized carbons (Fsp3) is 0.333. The minimum Gasteiger partial charge on any atom is -0.479 e. The fourth-order valence-electron chi connectivity index (χ4n) is 2.27. The van der Waals surface area contributed by atoms with Crippen LogP contribution >= 0.6 is 23.1 Å². The van der Waals surface area contributed by atoms with Gasteiger partial charge < -0.3 is 4.74 Å². The summed E-state index contributed by atoms with van der Waals surface area (Å²) in [5, 5.41) is 0.632. The molecule has 1 aliphatic rings. The average Bonchev–Trinajstić information content (AvgIpc) is 2.98. The van der Waals surface area contributed by atoms with Gasteiger partial charge in [0, 0.05) is 29.2 Å². The number of rotatable bonds is 3. The average molecular weight is 386 g/mol. The molecule has 0 radical (unpaired) electrons. The molecule has 24 heavy (non-hydrogen) atoms. The molecule has 0 N–H and O–H groups in total. The minimum atomic E-state index is -1.23. The predicted octanol–water partition coefficient (Wildman–Crippen LogP) is 2.88. The second kappa shape index (κ2) is 6.31. The zero-order valence-corrected chi connectivity index (χ0v) is 15.3. The fourth-order valence-corrected chi connectivity index (χ4v) is 4.64. The Hall–Kier alpha value is -1.69. The second-order valence-electron chi connectivity index (χ2n) is 5.70. The summed E-state index contributed by atoms with van der Waals surface area (Å²) >= 11 is 6.92. The van der Waals surface area contributed by atoms with Crippen LogP contribution in [0.3, 0.4) is 0 Å². The maximum absolute atomic E-state index is 14.3. The van der Waals surface area contributed by atoms with Gasteiger partial charge in [0.05, 0.1) is 15.5 Å². The van der Waals surface area contributed by atoms with Crippen molar-refractivity contribution in [2.24, 2.45) is 4.99 Å². The molecule has 1 aromatic carbocycles. The Morgan fingerprint density at radius 1 is 1.62 bits per heavy atom. The van der Waals surface area contributed by atoms with Crippen LogP contribution < -0.4 is 9.54 Å². The van der Waals surface area contributed by atoms with Crippen molar-refractivity contribution in [2.45, 2.75) is 30.3 Å². The monoisotopic (exact) mass is 385 g/mol. The zero-order valence-electron chi connectivity index (χ0n) is 12.9. The lowest BCUT2D eigenvalue weighted by Gasteiger charge is -2.13. The van der Waals surface area contributed by atoms with Crippen LogP contribution in [0.4, 0.5) is 10.1 Å². The van der Waals surface area contributed by atoms with Gasteiger partial charge in [-0.25, -0.2) is 9.38 Å². The lowest BCUT2D eigenvalue weighted by molar-refractivity contribution is 0.369. The second-order valence-corrected chi connectivity index (χ2v) is 8.88. The lowest BCUT2D eigenvalue weighted by Crippen LogP contribution is -2.26. The topological polar surface area (TPSA) is 56.5 Å². The molecular weight excluding hydrogens is 373 g/mol. The van der Waals surface area contributed by atoms with Gasteiger partial charge in [-0.2, -0.15) is 4.37 Å². The summed E-state index contributed by atoms with van der Waals surface area (Å²) in [6.07, 6.45) is 5.18. The Morgan fingerprint density at radius 3 is 3.08 bits per heavy atom. The van der Waals surface area contributed by atoms with Crippen LogP contribution in [0.15, 0.2) is 22.3 Å². The van der Waals surface area contributed by atoms with Gasteiger partial charge in [-0.3, -0.25) is 8.78 Å². The van der Waals surface area contributed by atoms with Crippen LogP contribution in [0.2, 0.25) is 5.02 Å². The standard InChI is InChI=1S/C15H13ClFN3O2S2/c1-4-5-22-11-7-9(16)6-10(17)12(11)18-13-20-8-15(2,3)24(21)14(20)19-23-13/h1,6-7H,5,8H2,2-3H3. The van der Waals surface area contributed by atoms with Crippen molar-refractivity contribution in [1.29, 1.82) is 0 Å². The summed E-state index contributed by atoms with van der Waals surface area (Å²) in [5.41, 5.74) is -0.0101. The van der Waals surface area contributed by atoms with E-state index in [9.17, 15) is 8.60 Å². The summed E-state index contributed by atoms with van der Waals surface area (Å²) in [6.45, 7) is 4.22. The number of hydrogen-bond acceptors (Lipinski definition) is 5. The van der Waals surface area contributed by atoms with E-state index in [1.54, 1.807) is 4.57 Å². The van der Waals surface area contributed by atoms with Crippen LogP contribution in [0.25, 0.3) is 0 Å². The van der Waals surface area contributed by atoms with Crippen molar-refractivity contribution in [1.82, 2.24) is 8.94 Å². The molecule has 1 atom stereocenters. The molecule has 5 nitrogen and oxygen atoms in total. The van der Waals surface area contributed by atoms with Gasteiger partial charge in [0.2, 0.25) is 9.96 Å². The van der Waals surface area contributed by atoms with Crippen molar-refractivity contribution >= 4 is 39.6 Å². The van der Waals surface area contributed by atoms with E-state index in [1.165, 1.54) is 6.07 Å². The third-order valence-electron chi connectivity index (χ3n) is 3.39. The Bertz CT molecular complexity index is 943. The van der Waals surface area contributed by atoms with Crippen LogP contribution in [0.5, 0.6) is 5.75 Å². The van der Waals surface area contributed by atoms with Crippen molar-refractivity contribution < 1.29 is 13.3 Å². The Labute approximate surface area is 149 Å². The third-order valence-corrected chi connectivity index (χ3v) is 6.23. The smallest absolute Gasteiger partial charge is 0.213 e. The molecule has 2 aromatic rings. The number of hydrogen-bond donors (Lipinski definition) is 0. The molecule has 0 bridgehead atoms. The van der Waals surface area contributed by atoms with Gasteiger partial charge in [0.25, 0.3) is 0 Å². The SMILES string of the molecule is C#CCOc1cc(Cl)cc(F)c1N=c1snc2n1CC(C)(C)S2=O. The highest BCUT2D eigenvalue weighted by molar-refractivity contribution is 7.86. The molecule has 1 unspecified atom stereocenters. The van der Waals surface area contributed by atoms with Crippen molar-refractivity contribution in [2.75, 3.05) is 6.61 Å². The molecule has 1 aromatic heterocycles. The maximum Gasteiger partial charge on any atom is 0.213 e. The minimum absolute atomic E-state index is 0.0101. The first kappa shape index (κ1) is 17.1. The van der Waals surface area contributed by atoms with Gasteiger partial charge in [-0.1, -0.05) is 17.5 Å². The molecule has 2 heterocycles. The third kappa shape index (κ3) is 2.99. The summed E-state index contributed by atoms with van der Waals surface area (Å²) in [5.74, 6) is 1.84. The van der Waals surface area contributed by atoms with E-state index in [1.807, 2.05) is 13.8 Å². The van der Waals surface area contributed by atoms with Gasteiger partial charge in [-0.15, -0.1) is 6.42 Å². The van der Waals surface area contributed by atoms with E-state index in [4.69, 9.17) is 22.8 Å². The number of halogens is 2. The Morgan fingerprint density at radius 2 is 2.38 bits per heavy atom. The molecule has 3 rings (SSSR count). The largest absolute Gasteiger partial charge is 0.479 e. The number of ether oxygens (including phenoxy) is 1. The molecule has 0 aliphatic carbocycles. The number of fused-ring (bicyclic) bond motifs is 1. The maximum atomic E-state index is 14.3. The van der Waals surface area contributed by atoms with Gasteiger partial charge >= 0.3 is 0 Å². The molecule has 0 amide bonds. The lowest BCUT2D eigenvalue weighted by atomic mass is 10.2. The van der Waals surface area contributed by atoms with Crippen molar-refractivity contribution in [3.8, 4) is 18.1 Å². The number of terminal acetylenes is 1. The van der Waals surface area contributed by atoms with Gasteiger partial charge in [0.15, 0.2) is 11.6 Å².